The minimum Gasteiger partial charge on any atom is -0.378 e. The molecule has 0 spiro atoms. The molecule has 2 aromatic carbocycles. The van der Waals surface area contributed by atoms with Crippen LogP contribution in [-0.4, -0.2) is 48.0 Å². The summed E-state index contributed by atoms with van der Waals surface area (Å²) in [6.07, 6.45) is 3.84. The minimum atomic E-state index is 0.0948. The van der Waals surface area contributed by atoms with Gasteiger partial charge in [0.05, 0.1) is 0 Å². The Hall–Kier alpha value is -3.21. The molecule has 1 fully saturated rings. The highest BCUT2D eigenvalue weighted by atomic mass is 16.2. The van der Waals surface area contributed by atoms with E-state index in [1.807, 2.05) is 90.8 Å². The first-order chi connectivity index (χ1) is 14.1. The number of amides is 1. The largest absolute Gasteiger partial charge is 0.378 e. The molecule has 3 aromatic rings. The van der Waals surface area contributed by atoms with Crippen molar-refractivity contribution in [2.24, 2.45) is 0 Å². The van der Waals surface area contributed by atoms with Crippen LogP contribution in [0.2, 0.25) is 0 Å². The molecule has 0 aliphatic carbocycles. The van der Waals surface area contributed by atoms with Crippen molar-refractivity contribution >= 4 is 11.6 Å². The molecule has 1 aliphatic heterocycles. The lowest BCUT2D eigenvalue weighted by atomic mass is 9.94. The Balaban J connectivity index is 1.50. The first kappa shape index (κ1) is 19.1. The second-order valence-electron chi connectivity index (χ2n) is 7.70. The predicted octanol–water partition coefficient (Wildman–Crippen LogP) is 4.23. The molecule has 0 saturated carbocycles. The lowest BCUT2D eigenvalue weighted by Gasteiger charge is -2.32. The maximum Gasteiger partial charge on any atom is 0.253 e. The van der Waals surface area contributed by atoms with Crippen LogP contribution in [0, 0.1) is 0 Å². The molecular formula is C24H26N4O. The van der Waals surface area contributed by atoms with Crippen molar-refractivity contribution in [2.45, 2.75) is 18.8 Å². The molecular weight excluding hydrogens is 360 g/mol. The summed E-state index contributed by atoms with van der Waals surface area (Å²) in [5, 5.41) is 0. The summed E-state index contributed by atoms with van der Waals surface area (Å²) in [6.45, 7) is 1.49. The van der Waals surface area contributed by atoms with E-state index in [9.17, 15) is 4.79 Å². The van der Waals surface area contributed by atoms with Crippen LogP contribution in [0.4, 0.5) is 5.69 Å². The Bertz CT molecular complexity index is 970. The van der Waals surface area contributed by atoms with Gasteiger partial charge in [-0.2, -0.15) is 0 Å². The fourth-order valence-corrected chi connectivity index (χ4v) is 3.81. The molecule has 148 valence electrons. The van der Waals surface area contributed by atoms with Gasteiger partial charge in [0.1, 0.15) is 0 Å². The van der Waals surface area contributed by atoms with Crippen LogP contribution >= 0.6 is 0 Å². The van der Waals surface area contributed by atoms with E-state index in [2.05, 4.69) is 4.98 Å². The summed E-state index contributed by atoms with van der Waals surface area (Å²) in [5.74, 6) is 1.07. The third-order valence-corrected chi connectivity index (χ3v) is 5.47. The van der Waals surface area contributed by atoms with Crippen molar-refractivity contribution in [1.82, 2.24) is 14.9 Å². The summed E-state index contributed by atoms with van der Waals surface area (Å²) < 4.78 is 0. The van der Waals surface area contributed by atoms with E-state index in [1.54, 1.807) is 0 Å². The summed E-state index contributed by atoms with van der Waals surface area (Å²) in [4.78, 5) is 26.3. The Morgan fingerprint density at radius 2 is 1.79 bits per heavy atom. The van der Waals surface area contributed by atoms with Crippen LogP contribution in [-0.2, 0) is 0 Å². The van der Waals surface area contributed by atoms with Crippen molar-refractivity contribution in [2.75, 3.05) is 32.1 Å². The summed E-state index contributed by atoms with van der Waals surface area (Å²) in [5.41, 5.74) is 3.86. The zero-order valence-electron chi connectivity index (χ0n) is 17.0. The average molecular weight is 386 g/mol. The van der Waals surface area contributed by atoms with Crippen LogP contribution < -0.4 is 4.90 Å². The van der Waals surface area contributed by atoms with E-state index in [0.29, 0.717) is 6.54 Å². The second kappa shape index (κ2) is 8.43. The molecule has 4 rings (SSSR count). The van der Waals surface area contributed by atoms with Gasteiger partial charge in [0.2, 0.25) is 0 Å². The maximum atomic E-state index is 13.0. The Kier molecular flexibility index (Phi) is 5.56. The van der Waals surface area contributed by atoms with E-state index >= 15 is 0 Å². The van der Waals surface area contributed by atoms with E-state index in [0.717, 1.165) is 47.7 Å². The van der Waals surface area contributed by atoms with E-state index in [4.69, 9.17) is 4.98 Å². The number of rotatable bonds is 4. The van der Waals surface area contributed by atoms with E-state index in [1.165, 1.54) is 0 Å². The number of nitrogens with zero attached hydrogens (tertiary/aromatic N) is 4. The first-order valence-corrected chi connectivity index (χ1v) is 10.1. The number of carbonyl (C=O) groups excluding carboxylic acids is 1. The van der Waals surface area contributed by atoms with Gasteiger partial charge in [-0.25, -0.2) is 9.97 Å². The number of hydrogen-bond donors (Lipinski definition) is 0. The van der Waals surface area contributed by atoms with Crippen LogP contribution in [0.25, 0.3) is 11.4 Å². The monoisotopic (exact) mass is 386 g/mol. The summed E-state index contributed by atoms with van der Waals surface area (Å²) in [7, 11) is 3.99. The second-order valence-corrected chi connectivity index (χ2v) is 7.70. The molecule has 29 heavy (non-hydrogen) atoms. The molecule has 0 radical (unpaired) electrons. The van der Waals surface area contributed by atoms with Gasteiger partial charge in [-0.1, -0.05) is 30.3 Å². The Morgan fingerprint density at radius 1 is 1.03 bits per heavy atom. The van der Waals surface area contributed by atoms with E-state index in [-0.39, 0.29) is 11.8 Å². The van der Waals surface area contributed by atoms with Crippen LogP contribution in [0.3, 0.4) is 0 Å². The van der Waals surface area contributed by atoms with Gasteiger partial charge in [0, 0.05) is 61.8 Å². The van der Waals surface area contributed by atoms with Gasteiger partial charge in [-0.05, 0) is 43.2 Å². The standard InChI is InChI=1S/C24H26N4O/c1-27(2)21-12-10-19(11-13-21)24(29)28-16-6-9-20(17-28)22-14-15-25-23(26-22)18-7-4-3-5-8-18/h3-5,7-8,10-15,20H,6,9,16-17H2,1-2H3. The molecule has 1 saturated heterocycles. The number of benzene rings is 2. The average Bonchev–Trinajstić information content (AvgIpc) is 2.79. The highest BCUT2D eigenvalue weighted by Crippen LogP contribution is 2.28. The Labute approximate surface area is 172 Å². The predicted molar refractivity (Wildman–Crippen MR) is 116 cm³/mol. The Morgan fingerprint density at radius 3 is 2.52 bits per heavy atom. The summed E-state index contributed by atoms with van der Waals surface area (Å²) >= 11 is 0. The summed E-state index contributed by atoms with van der Waals surface area (Å²) in [6, 6.07) is 19.8. The molecule has 1 unspecified atom stereocenters. The fourth-order valence-electron chi connectivity index (χ4n) is 3.81. The zero-order chi connectivity index (χ0) is 20.2. The van der Waals surface area contributed by atoms with Gasteiger partial charge in [0.25, 0.3) is 5.91 Å². The molecule has 5 heteroatoms. The zero-order valence-corrected chi connectivity index (χ0v) is 17.0. The minimum absolute atomic E-state index is 0.0948. The number of anilines is 1. The number of likely N-dealkylation sites (tertiary alicyclic amines) is 1. The third kappa shape index (κ3) is 4.29. The van der Waals surface area contributed by atoms with Crippen molar-refractivity contribution in [3.05, 3.63) is 78.1 Å². The van der Waals surface area contributed by atoms with Gasteiger partial charge in [-0.15, -0.1) is 0 Å². The molecule has 0 bridgehead atoms. The van der Waals surface area contributed by atoms with Gasteiger partial charge < -0.3 is 9.80 Å². The van der Waals surface area contributed by atoms with Crippen molar-refractivity contribution in [3.63, 3.8) is 0 Å². The van der Waals surface area contributed by atoms with Gasteiger partial charge >= 0.3 is 0 Å². The molecule has 1 aromatic heterocycles. The topological polar surface area (TPSA) is 49.3 Å². The van der Waals surface area contributed by atoms with E-state index < -0.39 is 0 Å². The normalized spacial score (nSPS) is 16.5. The molecule has 5 nitrogen and oxygen atoms in total. The number of hydrogen-bond acceptors (Lipinski definition) is 4. The van der Waals surface area contributed by atoms with Crippen LogP contribution in [0.15, 0.2) is 66.9 Å². The molecule has 0 N–H and O–H groups in total. The number of piperidine rings is 1. The molecule has 2 heterocycles. The number of carbonyl (C=O) groups is 1. The maximum absolute atomic E-state index is 13.0. The van der Waals surface area contributed by atoms with Crippen molar-refractivity contribution in [1.29, 1.82) is 0 Å². The van der Waals surface area contributed by atoms with Crippen LogP contribution in [0.5, 0.6) is 0 Å². The number of aromatic nitrogens is 2. The molecule has 1 amide bonds. The van der Waals surface area contributed by atoms with Crippen molar-refractivity contribution in [3.8, 4) is 11.4 Å². The lowest BCUT2D eigenvalue weighted by Crippen LogP contribution is -2.39. The SMILES string of the molecule is CN(C)c1ccc(C(=O)N2CCCC(c3ccnc(-c4ccccc4)n3)C2)cc1. The highest BCUT2D eigenvalue weighted by Gasteiger charge is 2.26. The molecule has 1 atom stereocenters. The third-order valence-electron chi connectivity index (χ3n) is 5.47. The van der Waals surface area contributed by atoms with Crippen LogP contribution in [0.1, 0.15) is 34.8 Å². The van der Waals surface area contributed by atoms with Gasteiger partial charge in [-0.3, -0.25) is 4.79 Å². The molecule has 1 aliphatic rings. The quantitative estimate of drug-likeness (QED) is 0.673. The van der Waals surface area contributed by atoms with Crippen molar-refractivity contribution < 1.29 is 4.79 Å². The first-order valence-electron chi connectivity index (χ1n) is 10.1. The fraction of sp³-hybridized carbons (Fsp3) is 0.292. The lowest BCUT2D eigenvalue weighted by molar-refractivity contribution is 0.0706. The van der Waals surface area contributed by atoms with Gasteiger partial charge in [0.15, 0.2) is 5.82 Å². The highest BCUT2D eigenvalue weighted by molar-refractivity contribution is 5.94. The smallest absolute Gasteiger partial charge is 0.253 e.